The molecule has 1 aromatic carbocycles. The van der Waals surface area contributed by atoms with Crippen molar-refractivity contribution in [3.63, 3.8) is 0 Å². The van der Waals surface area contributed by atoms with Gasteiger partial charge in [-0.1, -0.05) is 23.2 Å². The summed E-state index contributed by atoms with van der Waals surface area (Å²) in [5, 5.41) is 6.09. The van der Waals surface area contributed by atoms with Gasteiger partial charge in [0.1, 0.15) is 0 Å². The van der Waals surface area contributed by atoms with Crippen molar-refractivity contribution < 1.29 is 14.3 Å². The molecule has 1 unspecified atom stereocenters. The van der Waals surface area contributed by atoms with Crippen LogP contribution in [-0.4, -0.2) is 18.6 Å². The summed E-state index contributed by atoms with van der Waals surface area (Å²) in [6, 6.07) is 3.82. The van der Waals surface area contributed by atoms with E-state index in [4.69, 9.17) is 27.9 Å². The Bertz CT molecular complexity index is 608. The predicted molar refractivity (Wildman–Crippen MR) is 80.2 cm³/mol. The molecule has 1 heterocycles. The lowest BCUT2D eigenvalue weighted by molar-refractivity contribution is -0.139. The highest BCUT2D eigenvalue weighted by molar-refractivity contribution is 6.34. The molecule has 0 saturated heterocycles. The second-order valence-corrected chi connectivity index (χ2v) is 5.37. The number of carbonyl (C=O) groups is 2. The third kappa shape index (κ3) is 3.49. The van der Waals surface area contributed by atoms with Gasteiger partial charge in [-0.2, -0.15) is 0 Å². The zero-order valence-electron chi connectivity index (χ0n) is 11.5. The summed E-state index contributed by atoms with van der Waals surface area (Å²) < 4.78 is 5.05. The van der Waals surface area contributed by atoms with E-state index in [1.807, 2.05) is 0 Å². The molecule has 0 saturated carbocycles. The lowest BCUT2D eigenvalue weighted by atomic mass is 9.95. The first-order chi connectivity index (χ1) is 9.92. The van der Waals surface area contributed by atoms with E-state index < -0.39 is 18.0 Å². The number of rotatable bonds is 3. The Morgan fingerprint density at radius 2 is 1.90 bits per heavy atom. The number of benzene rings is 1. The molecule has 5 nitrogen and oxygen atoms in total. The van der Waals surface area contributed by atoms with Gasteiger partial charge in [-0.25, -0.2) is 9.59 Å². The lowest BCUT2D eigenvalue weighted by Crippen LogP contribution is -2.45. The van der Waals surface area contributed by atoms with Crippen LogP contribution in [0.2, 0.25) is 10.0 Å². The topological polar surface area (TPSA) is 67.4 Å². The van der Waals surface area contributed by atoms with Crippen LogP contribution in [-0.2, 0) is 9.53 Å². The van der Waals surface area contributed by atoms with Crippen LogP contribution in [0.1, 0.15) is 25.5 Å². The van der Waals surface area contributed by atoms with Gasteiger partial charge in [-0.05, 0) is 37.6 Å². The summed E-state index contributed by atoms with van der Waals surface area (Å²) in [6.07, 6.45) is 0. The monoisotopic (exact) mass is 328 g/mol. The van der Waals surface area contributed by atoms with Crippen molar-refractivity contribution in [2.45, 2.75) is 19.9 Å². The third-order valence-corrected chi connectivity index (χ3v) is 3.42. The molecule has 7 heteroatoms. The van der Waals surface area contributed by atoms with E-state index in [1.54, 1.807) is 32.0 Å². The third-order valence-electron chi connectivity index (χ3n) is 2.98. The zero-order valence-corrected chi connectivity index (χ0v) is 13.0. The van der Waals surface area contributed by atoms with Crippen molar-refractivity contribution in [2.75, 3.05) is 6.61 Å². The minimum atomic E-state index is -0.658. The molecule has 0 radical (unpaired) electrons. The molecule has 0 aliphatic carbocycles. The SMILES string of the molecule is CCOC(=O)C1=C(C)NC(=O)NC1c1cc(Cl)cc(Cl)c1. The van der Waals surface area contributed by atoms with E-state index in [-0.39, 0.29) is 6.61 Å². The van der Waals surface area contributed by atoms with Crippen LogP contribution >= 0.6 is 23.2 Å². The van der Waals surface area contributed by atoms with E-state index in [2.05, 4.69) is 10.6 Å². The molecule has 2 N–H and O–H groups in total. The second kappa shape index (κ2) is 6.37. The van der Waals surface area contributed by atoms with Crippen LogP contribution in [0, 0.1) is 0 Å². The normalized spacial score (nSPS) is 18.1. The average molecular weight is 329 g/mol. The summed E-state index contributed by atoms with van der Waals surface area (Å²) in [5.41, 5.74) is 1.39. The molecule has 1 aromatic rings. The minimum absolute atomic E-state index is 0.243. The summed E-state index contributed by atoms with van der Waals surface area (Å²) in [5.74, 6) is -0.497. The number of carbonyl (C=O) groups excluding carboxylic acids is 2. The molecule has 2 amide bonds. The maximum absolute atomic E-state index is 12.1. The average Bonchev–Trinajstić information content (AvgIpc) is 2.36. The second-order valence-electron chi connectivity index (χ2n) is 4.49. The van der Waals surface area contributed by atoms with Gasteiger partial charge >= 0.3 is 12.0 Å². The highest BCUT2D eigenvalue weighted by atomic mass is 35.5. The molecule has 0 bridgehead atoms. The van der Waals surface area contributed by atoms with E-state index in [1.165, 1.54) is 0 Å². The number of hydrogen-bond acceptors (Lipinski definition) is 3. The molecule has 0 fully saturated rings. The van der Waals surface area contributed by atoms with E-state index in [0.717, 1.165) is 0 Å². The molecular formula is C14H14Cl2N2O3. The van der Waals surface area contributed by atoms with Crippen LogP contribution in [0.5, 0.6) is 0 Å². The first-order valence-electron chi connectivity index (χ1n) is 6.33. The molecule has 21 heavy (non-hydrogen) atoms. The first-order valence-corrected chi connectivity index (χ1v) is 7.09. The first kappa shape index (κ1) is 15.7. The number of hydrogen-bond donors (Lipinski definition) is 2. The van der Waals surface area contributed by atoms with Gasteiger partial charge in [0, 0.05) is 15.7 Å². The van der Waals surface area contributed by atoms with Crippen molar-refractivity contribution >= 4 is 35.2 Å². The Labute approximate surface area is 132 Å². The lowest BCUT2D eigenvalue weighted by Gasteiger charge is -2.28. The number of nitrogens with one attached hydrogen (secondary N) is 2. The quantitative estimate of drug-likeness (QED) is 0.837. The van der Waals surface area contributed by atoms with Crippen LogP contribution in [0.4, 0.5) is 4.79 Å². The number of amides is 2. The molecular weight excluding hydrogens is 315 g/mol. The van der Waals surface area contributed by atoms with Crippen LogP contribution in [0.3, 0.4) is 0 Å². The number of halogens is 2. The van der Waals surface area contributed by atoms with Crippen molar-refractivity contribution in [1.82, 2.24) is 10.6 Å². The molecule has 112 valence electrons. The molecule has 1 atom stereocenters. The van der Waals surface area contributed by atoms with Crippen LogP contribution < -0.4 is 10.6 Å². The maximum atomic E-state index is 12.1. The standard InChI is InChI=1S/C14H14Cl2N2O3/c1-3-21-13(19)11-7(2)17-14(20)18-12(11)8-4-9(15)6-10(16)5-8/h4-6,12H,3H2,1-2H3,(H2,17,18,20). The molecule has 0 aromatic heterocycles. The van der Waals surface area contributed by atoms with E-state index >= 15 is 0 Å². The minimum Gasteiger partial charge on any atom is -0.463 e. The Balaban J connectivity index is 2.49. The van der Waals surface area contributed by atoms with Gasteiger partial charge in [0.15, 0.2) is 0 Å². The van der Waals surface area contributed by atoms with Crippen LogP contribution in [0.15, 0.2) is 29.5 Å². The summed E-state index contributed by atoms with van der Waals surface area (Å²) in [4.78, 5) is 23.8. The van der Waals surface area contributed by atoms with Crippen molar-refractivity contribution in [2.24, 2.45) is 0 Å². The summed E-state index contributed by atoms with van der Waals surface area (Å²) in [6.45, 7) is 3.60. The Morgan fingerprint density at radius 1 is 1.29 bits per heavy atom. The van der Waals surface area contributed by atoms with E-state index in [9.17, 15) is 9.59 Å². The van der Waals surface area contributed by atoms with Crippen LogP contribution in [0.25, 0.3) is 0 Å². The van der Waals surface area contributed by atoms with Crippen molar-refractivity contribution in [3.8, 4) is 0 Å². The largest absolute Gasteiger partial charge is 0.463 e. The molecule has 1 aliphatic heterocycles. The Kier molecular flexibility index (Phi) is 4.75. The Hall–Kier alpha value is -1.72. The van der Waals surface area contributed by atoms with Crippen molar-refractivity contribution in [3.05, 3.63) is 45.1 Å². The summed E-state index contributed by atoms with van der Waals surface area (Å²) >= 11 is 12.0. The fourth-order valence-electron chi connectivity index (χ4n) is 2.17. The van der Waals surface area contributed by atoms with Gasteiger partial charge in [0.25, 0.3) is 0 Å². The predicted octanol–water partition coefficient (Wildman–Crippen LogP) is 3.18. The van der Waals surface area contributed by atoms with Gasteiger partial charge in [-0.15, -0.1) is 0 Å². The fourth-order valence-corrected chi connectivity index (χ4v) is 2.71. The number of allylic oxidation sites excluding steroid dienone is 1. The van der Waals surface area contributed by atoms with Gasteiger partial charge in [0.05, 0.1) is 18.2 Å². The zero-order chi connectivity index (χ0) is 15.6. The molecule has 2 rings (SSSR count). The number of urea groups is 1. The smallest absolute Gasteiger partial charge is 0.338 e. The number of ether oxygens (including phenoxy) is 1. The molecule has 1 aliphatic rings. The maximum Gasteiger partial charge on any atom is 0.338 e. The highest BCUT2D eigenvalue weighted by Gasteiger charge is 2.32. The fraction of sp³-hybridized carbons (Fsp3) is 0.286. The highest BCUT2D eigenvalue weighted by Crippen LogP contribution is 2.31. The van der Waals surface area contributed by atoms with Gasteiger partial charge < -0.3 is 15.4 Å². The van der Waals surface area contributed by atoms with E-state index in [0.29, 0.717) is 26.9 Å². The van der Waals surface area contributed by atoms with Gasteiger partial charge in [0.2, 0.25) is 0 Å². The molecule has 0 spiro atoms. The summed E-state index contributed by atoms with van der Waals surface area (Å²) in [7, 11) is 0. The van der Waals surface area contributed by atoms with Gasteiger partial charge in [-0.3, -0.25) is 0 Å². The Morgan fingerprint density at radius 3 is 2.48 bits per heavy atom. The van der Waals surface area contributed by atoms with Crippen molar-refractivity contribution in [1.29, 1.82) is 0 Å². The number of esters is 1.